The first kappa shape index (κ1) is 21.5. The number of aliphatic hydroxyl groups excluding tert-OH is 1. The lowest BCUT2D eigenvalue weighted by molar-refractivity contribution is 0.0706. The minimum atomic E-state index is -0.645. The zero-order chi connectivity index (χ0) is 22.4. The minimum Gasteiger partial charge on any atom is -0.507 e. The number of nitrogens with one attached hydrogen (secondary N) is 1. The first-order valence-corrected chi connectivity index (χ1v) is 10.5. The summed E-state index contributed by atoms with van der Waals surface area (Å²) in [7, 11) is 1.43. The number of aliphatic hydroxyl groups is 1. The zero-order valence-corrected chi connectivity index (χ0v) is 19.0. The summed E-state index contributed by atoms with van der Waals surface area (Å²) in [5, 5.41) is 37.9. The standard InChI is InChI=1S/C21H19BrClN3O5/c1-9-5-14(28)11(8-13(9)23)17-16-18(25-24-17)21(30)26(3-4-27)19(16)10-6-12(22)20(29)15(7-10)31-2/h5-8,19,27-29H,3-4H2,1-2H3,(H,24,25)/t19-/m1/s1. The van der Waals surface area contributed by atoms with Crippen LogP contribution in [0.1, 0.15) is 33.2 Å². The van der Waals surface area contributed by atoms with Crippen LogP contribution in [-0.4, -0.2) is 56.6 Å². The smallest absolute Gasteiger partial charge is 0.273 e. The summed E-state index contributed by atoms with van der Waals surface area (Å²) >= 11 is 9.60. The molecule has 4 N–H and O–H groups in total. The fourth-order valence-electron chi connectivity index (χ4n) is 3.85. The van der Waals surface area contributed by atoms with Gasteiger partial charge in [0.05, 0.1) is 24.2 Å². The Morgan fingerprint density at radius 3 is 2.71 bits per heavy atom. The maximum Gasteiger partial charge on any atom is 0.273 e. The highest BCUT2D eigenvalue weighted by Crippen LogP contribution is 2.47. The van der Waals surface area contributed by atoms with Crippen LogP contribution >= 0.6 is 27.5 Å². The number of amides is 1. The topological polar surface area (TPSA) is 119 Å². The SMILES string of the molecule is COc1cc([C@@H]2c3c(-c4cc(Cl)c(C)cc4O)n[nH]c3C(=O)N2CCO)cc(Br)c1O. The van der Waals surface area contributed by atoms with Crippen molar-refractivity contribution in [3.8, 4) is 28.5 Å². The predicted octanol–water partition coefficient (Wildman–Crippen LogP) is 3.76. The Labute approximate surface area is 191 Å². The summed E-state index contributed by atoms with van der Waals surface area (Å²) < 4.78 is 5.65. The summed E-state index contributed by atoms with van der Waals surface area (Å²) in [6.07, 6.45) is 0. The molecule has 0 spiro atoms. The number of aromatic hydroxyl groups is 2. The van der Waals surface area contributed by atoms with E-state index < -0.39 is 6.04 Å². The van der Waals surface area contributed by atoms with E-state index in [1.54, 1.807) is 25.1 Å². The van der Waals surface area contributed by atoms with Crippen LogP contribution in [0.5, 0.6) is 17.2 Å². The summed E-state index contributed by atoms with van der Waals surface area (Å²) in [6, 6.07) is 5.79. The van der Waals surface area contributed by atoms with E-state index in [0.29, 0.717) is 37.4 Å². The van der Waals surface area contributed by atoms with E-state index in [-0.39, 0.29) is 42.0 Å². The van der Waals surface area contributed by atoms with Gasteiger partial charge < -0.3 is 25.0 Å². The number of rotatable bonds is 5. The number of H-pyrrole nitrogens is 1. The number of carbonyl (C=O) groups is 1. The number of hydrogen-bond donors (Lipinski definition) is 4. The number of phenolic OH excluding ortho intramolecular Hbond substituents is 2. The molecule has 1 aliphatic rings. The summed E-state index contributed by atoms with van der Waals surface area (Å²) in [4.78, 5) is 14.6. The van der Waals surface area contributed by atoms with Gasteiger partial charge in [0.2, 0.25) is 0 Å². The molecule has 3 aromatic rings. The molecule has 0 unspecified atom stereocenters. The maximum atomic E-state index is 13.1. The molecule has 4 rings (SSSR count). The third-order valence-corrected chi connectivity index (χ3v) is 6.33. The van der Waals surface area contributed by atoms with Gasteiger partial charge in [0.15, 0.2) is 11.5 Å². The van der Waals surface area contributed by atoms with Crippen LogP contribution in [0.25, 0.3) is 11.3 Å². The minimum absolute atomic E-state index is 0.0209. The lowest BCUT2D eigenvalue weighted by Gasteiger charge is -2.26. The summed E-state index contributed by atoms with van der Waals surface area (Å²) in [6.45, 7) is 1.61. The van der Waals surface area contributed by atoms with E-state index >= 15 is 0 Å². The van der Waals surface area contributed by atoms with Gasteiger partial charge in [-0.15, -0.1) is 0 Å². The molecule has 2 aromatic carbocycles. The molecule has 0 bridgehead atoms. The molecular weight excluding hydrogens is 490 g/mol. The Kier molecular flexibility index (Phi) is 5.59. The molecule has 162 valence electrons. The fourth-order valence-corrected chi connectivity index (χ4v) is 4.47. The van der Waals surface area contributed by atoms with Gasteiger partial charge in [0.25, 0.3) is 5.91 Å². The normalized spacial score (nSPS) is 15.5. The number of nitrogens with zero attached hydrogens (tertiary/aromatic N) is 2. The Hall–Kier alpha value is -2.75. The van der Waals surface area contributed by atoms with Gasteiger partial charge in [-0.2, -0.15) is 5.10 Å². The number of aromatic amines is 1. The van der Waals surface area contributed by atoms with Crippen molar-refractivity contribution >= 4 is 33.4 Å². The molecule has 0 aliphatic carbocycles. The van der Waals surface area contributed by atoms with Crippen molar-refractivity contribution in [3.05, 3.63) is 56.1 Å². The summed E-state index contributed by atoms with van der Waals surface area (Å²) in [5.74, 6) is -0.207. The number of aryl methyl sites for hydroxylation is 1. The van der Waals surface area contributed by atoms with Crippen molar-refractivity contribution in [3.63, 3.8) is 0 Å². The number of aromatic nitrogens is 2. The lowest BCUT2D eigenvalue weighted by atomic mass is 9.95. The average Bonchev–Trinajstić information content (AvgIpc) is 3.27. The van der Waals surface area contributed by atoms with E-state index in [1.165, 1.54) is 18.1 Å². The molecule has 31 heavy (non-hydrogen) atoms. The van der Waals surface area contributed by atoms with Crippen molar-refractivity contribution in [1.29, 1.82) is 0 Å². The Bertz CT molecular complexity index is 1200. The lowest BCUT2D eigenvalue weighted by Crippen LogP contribution is -2.32. The quantitative estimate of drug-likeness (QED) is 0.417. The van der Waals surface area contributed by atoms with E-state index in [1.807, 2.05) is 0 Å². The molecule has 0 saturated heterocycles. The van der Waals surface area contributed by atoms with Gasteiger partial charge >= 0.3 is 0 Å². The van der Waals surface area contributed by atoms with Crippen LogP contribution in [-0.2, 0) is 0 Å². The number of carbonyl (C=O) groups excluding carboxylic acids is 1. The molecule has 8 nitrogen and oxygen atoms in total. The molecule has 1 amide bonds. The second-order valence-electron chi connectivity index (χ2n) is 7.16. The number of fused-ring (bicyclic) bond motifs is 1. The third-order valence-electron chi connectivity index (χ3n) is 5.32. The van der Waals surface area contributed by atoms with Gasteiger partial charge in [0, 0.05) is 22.7 Å². The molecule has 1 aliphatic heterocycles. The second kappa shape index (κ2) is 8.07. The van der Waals surface area contributed by atoms with Crippen LogP contribution in [0.4, 0.5) is 0 Å². The second-order valence-corrected chi connectivity index (χ2v) is 8.42. The molecule has 0 fully saturated rings. The molecule has 1 atom stereocenters. The predicted molar refractivity (Wildman–Crippen MR) is 118 cm³/mol. The van der Waals surface area contributed by atoms with Crippen molar-refractivity contribution in [1.82, 2.24) is 15.1 Å². The average molecular weight is 509 g/mol. The van der Waals surface area contributed by atoms with E-state index in [4.69, 9.17) is 16.3 Å². The monoisotopic (exact) mass is 507 g/mol. The molecule has 0 radical (unpaired) electrons. The molecule has 10 heteroatoms. The Morgan fingerprint density at radius 1 is 1.29 bits per heavy atom. The third kappa shape index (κ3) is 3.42. The molecule has 0 saturated carbocycles. The highest BCUT2D eigenvalue weighted by Gasteiger charge is 2.42. The maximum absolute atomic E-state index is 13.1. The number of benzene rings is 2. The fraction of sp³-hybridized carbons (Fsp3) is 0.238. The van der Waals surface area contributed by atoms with Crippen LogP contribution in [0.15, 0.2) is 28.7 Å². The van der Waals surface area contributed by atoms with Gasteiger partial charge in [-0.1, -0.05) is 11.6 Å². The molecule has 2 heterocycles. The number of phenols is 2. The van der Waals surface area contributed by atoms with Crippen molar-refractivity contribution in [2.45, 2.75) is 13.0 Å². The highest BCUT2D eigenvalue weighted by atomic mass is 79.9. The van der Waals surface area contributed by atoms with Gasteiger partial charge in [0.1, 0.15) is 17.1 Å². The first-order valence-electron chi connectivity index (χ1n) is 9.34. The molecular formula is C21H19BrClN3O5. The number of halogens is 2. The highest BCUT2D eigenvalue weighted by molar-refractivity contribution is 9.10. The van der Waals surface area contributed by atoms with Gasteiger partial charge in [-0.05, 0) is 58.2 Å². The van der Waals surface area contributed by atoms with Crippen LogP contribution in [0.2, 0.25) is 5.02 Å². The first-order chi connectivity index (χ1) is 14.8. The van der Waals surface area contributed by atoms with E-state index in [9.17, 15) is 20.1 Å². The largest absolute Gasteiger partial charge is 0.507 e. The molecule has 1 aromatic heterocycles. The van der Waals surface area contributed by atoms with Crippen molar-refractivity contribution in [2.75, 3.05) is 20.3 Å². The van der Waals surface area contributed by atoms with Crippen LogP contribution < -0.4 is 4.74 Å². The number of ether oxygens (including phenoxy) is 1. The van der Waals surface area contributed by atoms with E-state index in [2.05, 4.69) is 26.1 Å². The van der Waals surface area contributed by atoms with E-state index in [0.717, 1.165) is 0 Å². The van der Waals surface area contributed by atoms with Crippen LogP contribution in [0.3, 0.4) is 0 Å². The van der Waals surface area contributed by atoms with Crippen molar-refractivity contribution < 1.29 is 24.9 Å². The summed E-state index contributed by atoms with van der Waals surface area (Å²) in [5.41, 5.74) is 2.87. The number of methoxy groups -OCH3 is 1. The zero-order valence-electron chi connectivity index (χ0n) is 16.6. The van der Waals surface area contributed by atoms with Gasteiger partial charge in [-0.25, -0.2) is 0 Å². The Balaban J connectivity index is 1.96. The number of hydrogen-bond acceptors (Lipinski definition) is 6. The Morgan fingerprint density at radius 2 is 2.03 bits per heavy atom. The van der Waals surface area contributed by atoms with Crippen molar-refractivity contribution in [2.24, 2.45) is 0 Å². The number of β-amino-alcohol motifs (C(OH)–C–C–N with tert-alkyl or cyclic N) is 1. The van der Waals surface area contributed by atoms with Crippen LogP contribution in [0, 0.1) is 6.92 Å². The van der Waals surface area contributed by atoms with Gasteiger partial charge in [-0.3, -0.25) is 9.89 Å².